The van der Waals surface area contributed by atoms with Crippen molar-refractivity contribution in [3.05, 3.63) is 63.4 Å². The highest BCUT2D eigenvalue weighted by atomic mass is 16.7. The number of rotatable bonds is 4. The van der Waals surface area contributed by atoms with E-state index in [0.29, 0.717) is 0 Å². The number of para-hydroxylation sites is 1. The van der Waals surface area contributed by atoms with E-state index >= 15 is 0 Å². The Hall–Kier alpha value is -2.50. The maximum absolute atomic E-state index is 12.0. The number of aliphatic hydroxyl groups excluding tert-OH is 1. The Morgan fingerprint density at radius 2 is 1.84 bits per heavy atom. The van der Waals surface area contributed by atoms with Gasteiger partial charge in [0, 0.05) is 12.3 Å². The molecule has 0 amide bonds. The number of aromatic nitrogens is 2. The molecule has 2 aromatic rings. The standard InChI is InChI=1S/C15H16N2O8/c18-8-10-14(21,22)15(23,25-9-4-2-1-3-5-9)12(24-10)17-7-6-11(19)16-13(17)20/h1-7,10,12,18,21-23H,8H2,(H,16,19,20)/t10-,12-,15-/m1/s1. The van der Waals surface area contributed by atoms with Gasteiger partial charge in [0.2, 0.25) is 6.23 Å². The molecule has 0 aliphatic carbocycles. The van der Waals surface area contributed by atoms with Gasteiger partial charge in [0.05, 0.1) is 6.61 Å². The van der Waals surface area contributed by atoms with E-state index in [4.69, 9.17) is 9.47 Å². The molecule has 1 aromatic heterocycles. The zero-order chi connectivity index (χ0) is 18.2. The van der Waals surface area contributed by atoms with Crippen molar-refractivity contribution < 1.29 is 29.9 Å². The van der Waals surface area contributed by atoms with Crippen LogP contribution in [-0.2, 0) is 4.74 Å². The summed E-state index contributed by atoms with van der Waals surface area (Å²) in [5.41, 5.74) is -1.66. The number of hydrogen-bond acceptors (Lipinski definition) is 8. The smallest absolute Gasteiger partial charge is 0.330 e. The van der Waals surface area contributed by atoms with Crippen LogP contribution in [0.5, 0.6) is 5.75 Å². The molecule has 1 fully saturated rings. The van der Waals surface area contributed by atoms with Crippen LogP contribution in [0.2, 0.25) is 0 Å². The minimum absolute atomic E-state index is 0.0575. The molecule has 0 unspecified atom stereocenters. The molecule has 0 bridgehead atoms. The molecule has 1 aromatic carbocycles. The molecular weight excluding hydrogens is 336 g/mol. The fourth-order valence-electron chi connectivity index (χ4n) is 2.59. The predicted octanol–water partition coefficient (Wildman–Crippen LogP) is -2.13. The van der Waals surface area contributed by atoms with Gasteiger partial charge in [-0.15, -0.1) is 0 Å². The van der Waals surface area contributed by atoms with Crippen molar-refractivity contribution in [3.63, 3.8) is 0 Å². The third-order valence-electron chi connectivity index (χ3n) is 3.89. The summed E-state index contributed by atoms with van der Waals surface area (Å²) in [5.74, 6) is -5.86. The van der Waals surface area contributed by atoms with Crippen LogP contribution in [0.1, 0.15) is 6.23 Å². The van der Waals surface area contributed by atoms with Crippen LogP contribution in [0, 0.1) is 0 Å². The maximum atomic E-state index is 12.0. The van der Waals surface area contributed by atoms with Crippen LogP contribution < -0.4 is 16.0 Å². The Morgan fingerprint density at radius 3 is 2.44 bits per heavy atom. The van der Waals surface area contributed by atoms with Gasteiger partial charge >= 0.3 is 11.5 Å². The highest BCUT2D eigenvalue weighted by Gasteiger charge is 2.69. The summed E-state index contributed by atoms with van der Waals surface area (Å²) in [7, 11) is 0. The second-order valence-corrected chi connectivity index (χ2v) is 5.51. The first-order valence-electron chi connectivity index (χ1n) is 7.28. The summed E-state index contributed by atoms with van der Waals surface area (Å²) in [6, 6.07) is 8.69. The Labute approximate surface area is 140 Å². The van der Waals surface area contributed by atoms with Gasteiger partial charge in [-0.25, -0.2) is 4.79 Å². The molecular formula is C15H16N2O8. The zero-order valence-electron chi connectivity index (χ0n) is 12.8. The van der Waals surface area contributed by atoms with Crippen molar-refractivity contribution in [2.75, 3.05) is 6.61 Å². The van der Waals surface area contributed by atoms with Gasteiger partial charge in [0.1, 0.15) is 11.9 Å². The SMILES string of the molecule is O=c1ccn([C@@H]2O[C@H](CO)C(O)(O)[C@]2(O)Oc2ccccc2)c(=O)[nH]1. The molecule has 1 aliphatic heterocycles. The highest BCUT2D eigenvalue weighted by Crippen LogP contribution is 2.44. The number of ether oxygens (including phenoxy) is 2. The van der Waals surface area contributed by atoms with E-state index in [2.05, 4.69) is 0 Å². The van der Waals surface area contributed by atoms with Gasteiger partial charge in [-0.3, -0.25) is 14.3 Å². The maximum Gasteiger partial charge on any atom is 0.330 e. The number of hydrogen-bond donors (Lipinski definition) is 5. The van der Waals surface area contributed by atoms with Gasteiger partial charge in [-0.05, 0) is 12.1 Å². The molecule has 0 saturated carbocycles. The first kappa shape index (κ1) is 17.3. The molecule has 10 heteroatoms. The van der Waals surface area contributed by atoms with Crippen molar-refractivity contribution >= 4 is 0 Å². The Balaban J connectivity index is 2.11. The molecule has 3 atom stereocenters. The van der Waals surface area contributed by atoms with Gasteiger partial charge < -0.3 is 29.9 Å². The van der Waals surface area contributed by atoms with E-state index in [1.807, 2.05) is 4.98 Å². The first-order valence-corrected chi connectivity index (χ1v) is 7.28. The van der Waals surface area contributed by atoms with Crippen molar-refractivity contribution in [2.45, 2.75) is 23.9 Å². The van der Waals surface area contributed by atoms with E-state index in [0.717, 1.165) is 16.8 Å². The highest BCUT2D eigenvalue weighted by molar-refractivity contribution is 5.23. The second-order valence-electron chi connectivity index (χ2n) is 5.51. The zero-order valence-corrected chi connectivity index (χ0v) is 12.8. The van der Waals surface area contributed by atoms with E-state index in [-0.39, 0.29) is 5.75 Å². The number of H-pyrrole nitrogens is 1. The Bertz CT molecular complexity index is 862. The lowest BCUT2D eigenvalue weighted by molar-refractivity contribution is -0.343. The van der Waals surface area contributed by atoms with Crippen LogP contribution in [0.15, 0.2) is 52.2 Å². The van der Waals surface area contributed by atoms with E-state index in [1.165, 1.54) is 12.1 Å². The summed E-state index contributed by atoms with van der Waals surface area (Å²) < 4.78 is 11.3. The summed E-state index contributed by atoms with van der Waals surface area (Å²) >= 11 is 0. The monoisotopic (exact) mass is 352 g/mol. The van der Waals surface area contributed by atoms with Gasteiger partial charge in [0.25, 0.3) is 11.3 Å². The molecule has 1 saturated heterocycles. The molecule has 25 heavy (non-hydrogen) atoms. The van der Waals surface area contributed by atoms with Crippen LogP contribution in [-0.4, -0.2) is 54.3 Å². The summed E-state index contributed by atoms with van der Waals surface area (Å²) in [6.45, 7) is -0.873. The minimum atomic E-state index is -3.06. The predicted molar refractivity (Wildman–Crippen MR) is 81.5 cm³/mol. The molecule has 1 aliphatic rings. The number of aliphatic hydroxyl groups is 4. The van der Waals surface area contributed by atoms with E-state index in [1.54, 1.807) is 18.2 Å². The Morgan fingerprint density at radius 1 is 1.16 bits per heavy atom. The van der Waals surface area contributed by atoms with Crippen molar-refractivity contribution in [1.29, 1.82) is 0 Å². The van der Waals surface area contributed by atoms with Crippen LogP contribution in [0.3, 0.4) is 0 Å². The molecule has 0 radical (unpaired) electrons. The van der Waals surface area contributed by atoms with E-state index in [9.17, 15) is 30.0 Å². The topological polar surface area (TPSA) is 154 Å². The number of nitrogens with one attached hydrogen (secondary N) is 1. The third kappa shape index (κ3) is 2.75. The van der Waals surface area contributed by atoms with Gasteiger partial charge in [0.15, 0.2) is 0 Å². The van der Waals surface area contributed by atoms with Crippen LogP contribution in [0.25, 0.3) is 0 Å². The number of benzene rings is 1. The normalized spacial score (nSPS) is 28.0. The van der Waals surface area contributed by atoms with E-state index < -0.39 is 41.8 Å². The fourth-order valence-corrected chi connectivity index (χ4v) is 2.59. The second kappa shape index (κ2) is 6.10. The lowest BCUT2D eigenvalue weighted by Crippen LogP contribution is -2.62. The number of nitrogens with zero attached hydrogens (tertiary/aromatic N) is 1. The number of aromatic amines is 1. The largest absolute Gasteiger partial charge is 0.453 e. The molecule has 2 heterocycles. The average molecular weight is 352 g/mol. The fraction of sp³-hybridized carbons (Fsp3) is 0.333. The first-order chi connectivity index (χ1) is 11.8. The summed E-state index contributed by atoms with van der Waals surface area (Å²) in [6.07, 6.45) is -2.43. The van der Waals surface area contributed by atoms with Gasteiger partial charge in [-0.2, -0.15) is 0 Å². The molecule has 3 rings (SSSR count). The van der Waals surface area contributed by atoms with Crippen LogP contribution in [0.4, 0.5) is 0 Å². The van der Waals surface area contributed by atoms with Crippen molar-refractivity contribution in [3.8, 4) is 5.75 Å². The minimum Gasteiger partial charge on any atom is -0.453 e. The summed E-state index contributed by atoms with van der Waals surface area (Å²) in [5, 5.41) is 40.8. The quantitative estimate of drug-likeness (QED) is 0.391. The molecule has 5 N–H and O–H groups in total. The average Bonchev–Trinajstić information content (AvgIpc) is 2.75. The third-order valence-corrected chi connectivity index (χ3v) is 3.89. The summed E-state index contributed by atoms with van der Waals surface area (Å²) in [4.78, 5) is 25.2. The van der Waals surface area contributed by atoms with Gasteiger partial charge in [-0.1, -0.05) is 18.2 Å². The Kier molecular flexibility index (Phi) is 4.22. The molecule has 10 nitrogen and oxygen atoms in total. The molecule has 0 spiro atoms. The lowest BCUT2D eigenvalue weighted by atomic mass is 10.0. The van der Waals surface area contributed by atoms with Crippen molar-refractivity contribution in [1.82, 2.24) is 9.55 Å². The van der Waals surface area contributed by atoms with Crippen LogP contribution >= 0.6 is 0 Å². The lowest BCUT2D eigenvalue weighted by Gasteiger charge is -2.36. The van der Waals surface area contributed by atoms with Crippen molar-refractivity contribution in [2.24, 2.45) is 0 Å². The molecule has 134 valence electrons.